The number of esters is 1. The van der Waals surface area contributed by atoms with Gasteiger partial charge in [-0.15, -0.1) is 11.3 Å². The molecule has 0 aliphatic heterocycles. The second-order valence-electron chi connectivity index (χ2n) is 5.51. The van der Waals surface area contributed by atoms with E-state index < -0.39 is 17.7 Å². The Labute approximate surface area is 136 Å². The Kier molecular flexibility index (Phi) is 4.99. The van der Waals surface area contributed by atoms with Gasteiger partial charge in [-0.05, 0) is 20.8 Å². The average molecular weight is 339 g/mol. The molecule has 0 unspecified atom stereocenters. The molecule has 2 aromatic heterocycles. The fourth-order valence-electron chi connectivity index (χ4n) is 1.54. The molecule has 2 aromatic rings. The van der Waals surface area contributed by atoms with E-state index in [-0.39, 0.29) is 18.1 Å². The first kappa shape index (κ1) is 16.9. The van der Waals surface area contributed by atoms with Crippen molar-refractivity contribution in [2.45, 2.75) is 32.9 Å². The fraction of sp³-hybridized carbons (Fsp3) is 0.429. The number of oxazole rings is 1. The number of nitrogens with zero attached hydrogens (tertiary/aromatic N) is 2. The maximum Gasteiger partial charge on any atom is 0.408 e. The molecular formula is C14H17N3O5S. The van der Waals surface area contributed by atoms with Crippen LogP contribution in [0.2, 0.25) is 0 Å². The zero-order valence-corrected chi connectivity index (χ0v) is 14.0. The number of alkyl carbamates (subject to hydrolysis) is 1. The Bertz CT molecular complexity index is 701. The van der Waals surface area contributed by atoms with Crippen molar-refractivity contribution in [3.8, 4) is 11.6 Å². The van der Waals surface area contributed by atoms with Gasteiger partial charge in [0.15, 0.2) is 5.69 Å². The lowest BCUT2D eigenvalue weighted by molar-refractivity contribution is 0.0522. The summed E-state index contributed by atoms with van der Waals surface area (Å²) in [7, 11) is 1.26. The summed E-state index contributed by atoms with van der Waals surface area (Å²) in [4.78, 5) is 31.2. The third kappa shape index (κ3) is 4.78. The number of amides is 1. The number of aromatic nitrogens is 2. The summed E-state index contributed by atoms with van der Waals surface area (Å²) in [5, 5.41) is 4.99. The molecule has 0 atom stereocenters. The van der Waals surface area contributed by atoms with Crippen LogP contribution in [0.25, 0.3) is 11.6 Å². The zero-order chi connectivity index (χ0) is 17.0. The van der Waals surface area contributed by atoms with Crippen molar-refractivity contribution < 1.29 is 23.5 Å². The molecule has 0 aromatic carbocycles. The number of hydrogen-bond acceptors (Lipinski definition) is 8. The SMILES string of the molecule is COC(=O)c1coc(-c2csc(CNC(=O)OC(C)(C)C)n2)n1. The summed E-state index contributed by atoms with van der Waals surface area (Å²) in [5.41, 5.74) is -0.00407. The van der Waals surface area contributed by atoms with Crippen LogP contribution >= 0.6 is 11.3 Å². The molecule has 0 aliphatic rings. The number of ether oxygens (including phenoxy) is 2. The Morgan fingerprint density at radius 3 is 2.74 bits per heavy atom. The van der Waals surface area contributed by atoms with E-state index in [0.29, 0.717) is 10.7 Å². The van der Waals surface area contributed by atoms with E-state index in [1.807, 2.05) is 0 Å². The average Bonchev–Trinajstić information content (AvgIpc) is 3.11. The predicted octanol–water partition coefficient (Wildman–Crippen LogP) is 2.61. The summed E-state index contributed by atoms with van der Waals surface area (Å²) in [5.74, 6) is -0.368. The van der Waals surface area contributed by atoms with Crippen LogP contribution in [-0.4, -0.2) is 34.7 Å². The molecule has 0 saturated heterocycles. The van der Waals surface area contributed by atoms with Crippen LogP contribution in [0.4, 0.5) is 4.79 Å². The Morgan fingerprint density at radius 2 is 2.09 bits per heavy atom. The number of rotatable bonds is 4. The topological polar surface area (TPSA) is 104 Å². The van der Waals surface area contributed by atoms with Crippen LogP contribution in [-0.2, 0) is 16.0 Å². The third-order valence-electron chi connectivity index (χ3n) is 2.45. The van der Waals surface area contributed by atoms with Crippen LogP contribution < -0.4 is 5.32 Å². The Hall–Kier alpha value is -2.42. The second-order valence-corrected chi connectivity index (χ2v) is 6.45. The number of hydrogen-bond donors (Lipinski definition) is 1. The number of nitrogens with one attached hydrogen (secondary N) is 1. The van der Waals surface area contributed by atoms with E-state index in [9.17, 15) is 9.59 Å². The zero-order valence-electron chi connectivity index (χ0n) is 13.2. The lowest BCUT2D eigenvalue weighted by Gasteiger charge is -2.19. The van der Waals surface area contributed by atoms with Crippen LogP contribution in [0.3, 0.4) is 0 Å². The molecule has 23 heavy (non-hydrogen) atoms. The minimum Gasteiger partial charge on any atom is -0.464 e. The maximum atomic E-state index is 11.6. The molecule has 1 N–H and O–H groups in total. The van der Waals surface area contributed by atoms with E-state index in [0.717, 1.165) is 0 Å². The van der Waals surface area contributed by atoms with Crippen molar-refractivity contribution in [1.29, 1.82) is 0 Å². The van der Waals surface area contributed by atoms with Crippen molar-refractivity contribution in [3.63, 3.8) is 0 Å². The number of thiazole rings is 1. The number of carbonyl (C=O) groups excluding carboxylic acids is 2. The quantitative estimate of drug-likeness (QED) is 0.854. The lowest BCUT2D eigenvalue weighted by Crippen LogP contribution is -2.32. The standard InChI is InChI=1S/C14H17N3O5S/c1-14(2,3)22-13(19)15-5-10-16-9(7-23-10)11-17-8(6-21-11)12(18)20-4/h6-7H,5H2,1-4H3,(H,15,19). The van der Waals surface area contributed by atoms with Gasteiger partial charge in [-0.25, -0.2) is 19.6 Å². The molecule has 2 rings (SSSR count). The van der Waals surface area contributed by atoms with Crippen LogP contribution in [0.15, 0.2) is 16.1 Å². The van der Waals surface area contributed by atoms with Crippen LogP contribution in [0.5, 0.6) is 0 Å². The minimum absolute atomic E-state index is 0.0731. The summed E-state index contributed by atoms with van der Waals surface area (Å²) >= 11 is 1.33. The Balaban J connectivity index is 1.97. The number of carbonyl (C=O) groups is 2. The Morgan fingerprint density at radius 1 is 1.35 bits per heavy atom. The van der Waals surface area contributed by atoms with Gasteiger partial charge in [0.2, 0.25) is 5.89 Å². The highest BCUT2D eigenvalue weighted by atomic mass is 32.1. The second kappa shape index (κ2) is 6.78. The normalized spacial score (nSPS) is 11.1. The third-order valence-corrected chi connectivity index (χ3v) is 3.30. The van der Waals surface area contributed by atoms with Crippen LogP contribution in [0.1, 0.15) is 36.3 Å². The summed E-state index contributed by atoms with van der Waals surface area (Å²) in [6.07, 6.45) is 0.692. The van der Waals surface area contributed by atoms with E-state index in [4.69, 9.17) is 9.15 Å². The van der Waals surface area contributed by atoms with Crippen molar-refractivity contribution >= 4 is 23.4 Å². The highest BCUT2D eigenvalue weighted by Crippen LogP contribution is 2.21. The van der Waals surface area contributed by atoms with Gasteiger partial charge in [-0.2, -0.15) is 0 Å². The molecule has 0 aliphatic carbocycles. The maximum absolute atomic E-state index is 11.6. The van der Waals surface area contributed by atoms with Crippen LogP contribution in [0, 0.1) is 0 Å². The molecule has 2 heterocycles. The highest BCUT2D eigenvalue weighted by Gasteiger charge is 2.18. The van der Waals surface area contributed by atoms with Gasteiger partial charge in [0.05, 0.1) is 13.7 Å². The molecule has 1 amide bonds. The summed E-state index contributed by atoms with van der Waals surface area (Å²) in [6, 6.07) is 0. The lowest BCUT2D eigenvalue weighted by atomic mass is 10.2. The van der Waals surface area contributed by atoms with E-state index in [2.05, 4.69) is 20.0 Å². The molecule has 0 fully saturated rings. The first-order valence-corrected chi connectivity index (χ1v) is 7.62. The molecule has 9 heteroatoms. The van der Waals surface area contributed by atoms with E-state index in [1.54, 1.807) is 26.2 Å². The molecule has 0 radical (unpaired) electrons. The van der Waals surface area contributed by atoms with Gasteiger partial charge in [0.1, 0.15) is 22.6 Å². The predicted molar refractivity (Wildman–Crippen MR) is 82.0 cm³/mol. The first-order valence-electron chi connectivity index (χ1n) is 6.74. The largest absolute Gasteiger partial charge is 0.464 e. The molecular weight excluding hydrogens is 322 g/mol. The first-order chi connectivity index (χ1) is 10.8. The van der Waals surface area contributed by atoms with Crippen molar-refractivity contribution in [2.24, 2.45) is 0 Å². The van der Waals surface area contributed by atoms with Crippen molar-refractivity contribution in [2.75, 3.05) is 7.11 Å². The summed E-state index contributed by atoms with van der Waals surface area (Å²) < 4.78 is 14.9. The van der Waals surface area contributed by atoms with Crippen molar-refractivity contribution in [3.05, 3.63) is 22.3 Å². The minimum atomic E-state index is -0.581. The van der Waals surface area contributed by atoms with Gasteiger partial charge in [0, 0.05) is 5.38 Å². The molecule has 124 valence electrons. The van der Waals surface area contributed by atoms with Gasteiger partial charge in [-0.1, -0.05) is 0 Å². The monoisotopic (exact) mass is 339 g/mol. The summed E-state index contributed by atoms with van der Waals surface area (Å²) in [6.45, 7) is 5.59. The van der Waals surface area contributed by atoms with Crippen molar-refractivity contribution in [1.82, 2.24) is 15.3 Å². The van der Waals surface area contributed by atoms with Gasteiger partial charge < -0.3 is 19.2 Å². The van der Waals surface area contributed by atoms with E-state index in [1.165, 1.54) is 24.7 Å². The fourth-order valence-corrected chi connectivity index (χ4v) is 2.25. The van der Waals surface area contributed by atoms with Gasteiger partial charge in [-0.3, -0.25) is 0 Å². The molecule has 0 bridgehead atoms. The molecule has 0 spiro atoms. The van der Waals surface area contributed by atoms with Gasteiger partial charge in [0.25, 0.3) is 0 Å². The molecule has 0 saturated carbocycles. The van der Waals surface area contributed by atoms with Gasteiger partial charge >= 0.3 is 12.1 Å². The molecule has 8 nitrogen and oxygen atoms in total. The highest BCUT2D eigenvalue weighted by molar-refractivity contribution is 7.09. The number of methoxy groups -OCH3 is 1. The van der Waals surface area contributed by atoms with E-state index >= 15 is 0 Å². The smallest absolute Gasteiger partial charge is 0.408 e.